The molecule has 2 aromatic carbocycles. The first-order valence-electron chi connectivity index (χ1n) is 11.2. The maximum absolute atomic E-state index is 13.0. The van der Waals surface area contributed by atoms with Gasteiger partial charge in [0, 0.05) is 29.0 Å². The van der Waals surface area contributed by atoms with Crippen molar-refractivity contribution in [1.29, 1.82) is 0 Å². The molecule has 4 rings (SSSR count). The van der Waals surface area contributed by atoms with Crippen molar-refractivity contribution in [2.24, 2.45) is 5.73 Å². The van der Waals surface area contributed by atoms with E-state index >= 15 is 0 Å². The van der Waals surface area contributed by atoms with Crippen LogP contribution in [0.25, 0.3) is 0 Å². The molecule has 2 aliphatic rings. The van der Waals surface area contributed by atoms with Crippen LogP contribution < -0.4 is 15.2 Å². The molecule has 0 fully saturated rings. The molecule has 0 saturated heterocycles. The van der Waals surface area contributed by atoms with Crippen molar-refractivity contribution < 1.29 is 28.5 Å². The van der Waals surface area contributed by atoms with Crippen molar-refractivity contribution >= 4 is 45.9 Å². The largest absolute Gasteiger partial charge is 0.490 e. The van der Waals surface area contributed by atoms with Crippen LogP contribution in [0.2, 0.25) is 5.02 Å². The van der Waals surface area contributed by atoms with Gasteiger partial charge in [0.15, 0.2) is 17.3 Å². The molecule has 9 heteroatoms. The number of Topliss-reactive ketones (excluding diaryl/α,β-unsaturated/α-hetero) is 1. The first-order valence-corrected chi connectivity index (χ1v) is 12.7. The minimum atomic E-state index is -0.732. The van der Waals surface area contributed by atoms with Crippen LogP contribution in [0.15, 0.2) is 59.2 Å². The number of esters is 1. The summed E-state index contributed by atoms with van der Waals surface area (Å²) in [4.78, 5) is 25.8. The lowest BCUT2D eigenvalue weighted by molar-refractivity contribution is -0.136. The van der Waals surface area contributed by atoms with Crippen molar-refractivity contribution in [3.63, 3.8) is 0 Å². The van der Waals surface area contributed by atoms with E-state index in [4.69, 9.17) is 36.3 Å². The Labute approximate surface area is 222 Å². The highest BCUT2D eigenvalue weighted by Crippen LogP contribution is 2.47. The number of hydrogen-bond acceptors (Lipinski definition) is 7. The summed E-state index contributed by atoms with van der Waals surface area (Å²) in [6, 6.07) is 11.1. The van der Waals surface area contributed by atoms with Gasteiger partial charge in [-0.1, -0.05) is 29.8 Å². The molecule has 1 atom stereocenters. The normalized spacial score (nSPS) is 17.6. The summed E-state index contributed by atoms with van der Waals surface area (Å²) in [5.41, 5.74) is 8.21. The number of methoxy groups -OCH3 is 1. The molecule has 2 N–H and O–H groups in total. The molecule has 184 valence electrons. The Morgan fingerprint density at radius 2 is 2.00 bits per heavy atom. The maximum atomic E-state index is 13.0. The topological polar surface area (TPSA) is 97.1 Å². The third kappa shape index (κ3) is 5.13. The number of carbonyl (C=O) groups excluding carboxylic acids is 2. The molecule has 1 aliphatic heterocycles. The average Bonchev–Trinajstić information content (AvgIpc) is 2.83. The molecular weight excluding hydrogens is 585 g/mol. The first kappa shape index (κ1) is 25.4. The van der Waals surface area contributed by atoms with Crippen molar-refractivity contribution in [2.75, 3.05) is 13.7 Å². The van der Waals surface area contributed by atoms with E-state index in [1.54, 1.807) is 12.1 Å². The predicted octanol–water partition coefficient (Wildman–Crippen LogP) is 5.39. The van der Waals surface area contributed by atoms with Crippen LogP contribution in [-0.2, 0) is 25.7 Å². The molecule has 7 nitrogen and oxygen atoms in total. The predicted molar refractivity (Wildman–Crippen MR) is 139 cm³/mol. The summed E-state index contributed by atoms with van der Waals surface area (Å²) in [6.07, 6.45) is 1.62. The lowest BCUT2D eigenvalue weighted by atomic mass is 9.77. The molecule has 0 bridgehead atoms. The molecule has 35 heavy (non-hydrogen) atoms. The van der Waals surface area contributed by atoms with Gasteiger partial charge in [0.25, 0.3) is 0 Å². The Morgan fingerprint density at radius 1 is 1.23 bits per heavy atom. The summed E-state index contributed by atoms with van der Waals surface area (Å²) in [5, 5.41) is 0.609. The van der Waals surface area contributed by atoms with Gasteiger partial charge in [-0.05, 0) is 59.7 Å². The van der Waals surface area contributed by atoms with Gasteiger partial charge in [-0.2, -0.15) is 0 Å². The fourth-order valence-electron chi connectivity index (χ4n) is 4.32. The number of ether oxygens (including phenoxy) is 4. The monoisotopic (exact) mass is 609 g/mol. The van der Waals surface area contributed by atoms with E-state index in [-0.39, 0.29) is 23.8 Å². The number of carbonyl (C=O) groups is 2. The Morgan fingerprint density at radius 3 is 2.71 bits per heavy atom. The molecule has 2 aromatic rings. The zero-order valence-corrected chi connectivity index (χ0v) is 22.3. The Bertz CT molecular complexity index is 1240. The second-order valence-electron chi connectivity index (χ2n) is 8.06. The van der Waals surface area contributed by atoms with Crippen molar-refractivity contribution in [3.05, 3.63) is 78.9 Å². The number of rotatable bonds is 7. The maximum Gasteiger partial charge on any atom is 0.340 e. The molecule has 1 aliphatic carbocycles. The van der Waals surface area contributed by atoms with Crippen molar-refractivity contribution in [3.8, 4) is 11.5 Å². The molecule has 0 amide bonds. The smallest absolute Gasteiger partial charge is 0.340 e. The Balaban J connectivity index is 1.80. The highest BCUT2D eigenvalue weighted by Gasteiger charge is 2.41. The van der Waals surface area contributed by atoms with E-state index in [1.807, 2.05) is 31.2 Å². The van der Waals surface area contributed by atoms with E-state index < -0.39 is 11.9 Å². The van der Waals surface area contributed by atoms with E-state index in [9.17, 15) is 9.59 Å². The van der Waals surface area contributed by atoms with Crippen LogP contribution in [0.5, 0.6) is 11.5 Å². The van der Waals surface area contributed by atoms with Crippen LogP contribution in [0.1, 0.15) is 43.2 Å². The number of hydrogen-bond donors (Lipinski definition) is 1. The van der Waals surface area contributed by atoms with E-state index in [1.165, 1.54) is 7.11 Å². The molecule has 0 aromatic heterocycles. The lowest BCUT2D eigenvalue weighted by Crippen LogP contribution is -2.31. The SMILES string of the molecule is CCOc1cc([C@@H]2C(C(=O)OC)=C(N)OC3=C2C(=O)CCC3)cc(I)c1OCc1ccccc1Cl. The standard InChI is InChI=1S/C26H25ClINO6/c1-3-33-20-12-15(11-17(28)24(20)34-13-14-7-4-5-8-16(14)27)21-22-18(30)9-6-10-19(22)35-25(29)23(21)26(31)32-2/h4-5,7-8,11-12,21H,3,6,9-10,13,29H2,1-2H3/t21-/m0/s1. The number of nitrogens with two attached hydrogens (primary N) is 1. The molecular formula is C26H25ClINO6. The average molecular weight is 610 g/mol. The number of benzene rings is 2. The van der Waals surface area contributed by atoms with Gasteiger partial charge in [0.05, 0.1) is 23.2 Å². The van der Waals surface area contributed by atoms with E-state index in [0.717, 1.165) is 9.13 Å². The van der Waals surface area contributed by atoms with E-state index in [0.29, 0.717) is 59.3 Å². The van der Waals surface area contributed by atoms with E-state index in [2.05, 4.69) is 22.6 Å². The first-order chi connectivity index (χ1) is 16.8. The van der Waals surface area contributed by atoms with Crippen LogP contribution in [-0.4, -0.2) is 25.5 Å². The second-order valence-corrected chi connectivity index (χ2v) is 9.63. The van der Waals surface area contributed by atoms with Crippen LogP contribution in [0, 0.1) is 3.57 Å². The third-order valence-corrected chi connectivity index (χ3v) is 7.05. The highest BCUT2D eigenvalue weighted by molar-refractivity contribution is 14.1. The zero-order chi connectivity index (χ0) is 25.1. The van der Waals surface area contributed by atoms with Gasteiger partial charge < -0.3 is 24.7 Å². The summed E-state index contributed by atoms with van der Waals surface area (Å²) >= 11 is 8.44. The third-order valence-electron chi connectivity index (χ3n) is 5.88. The van der Waals surface area contributed by atoms with Gasteiger partial charge in [-0.25, -0.2) is 4.79 Å². The van der Waals surface area contributed by atoms with Gasteiger partial charge in [0.2, 0.25) is 5.88 Å². The Kier molecular flexibility index (Phi) is 7.91. The van der Waals surface area contributed by atoms with Gasteiger partial charge in [-0.3, -0.25) is 4.79 Å². The zero-order valence-electron chi connectivity index (χ0n) is 19.4. The van der Waals surface area contributed by atoms with Crippen LogP contribution in [0.4, 0.5) is 0 Å². The molecule has 0 saturated carbocycles. The van der Waals surface area contributed by atoms with Crippen molar-refractivity contribution in [1.82, 2.24) is 0 Å². The lowest BCUT2D eigenvalue weighted by Gasteiger charge is -2.32. The van der Waals surface area contributed by atoms with Crippen LogP contribution >= 0.6 is 34.2 Å². The van der Waals surface area contributed by atoms with Gasteiger partial charge >= 0.3 is 5.97 Å². The highest BCUT2D eigenvalue weighted by atomic mass is 127. The molecule has 0 unspecified atom stereocenters. The van der Waals surface area contributed by atoms with Gasteiger partial charge in [-0.15, -0.1) is 0 Å². The second kappa shape index (κ2) is 10.9. The Hall–Kier alpha value is -2.72. The minimum Gasteiger partial charge on any atom is -0.490 e. The fourth-order valence-corrected chi connectivity index (χ4v) is 5.29. The number of halogens is 2. The molecule has 1 heterocycles. The quantitative estimate of drug-likeness (QED) is 0.332. The molecule has 0 spiro atoms. The number of ketones is 1. The molecule has 0 radical (unpaired) electrons. The summed E-state index contributed by atoms with van der Waals surface area (Å²) < 4.78 is 23.5. The number of allylic oxidation sites excluding steroid dienone is 2. The van der Waals surface area contributed by atoms with Crippen LogP contribution in [0.3, 0.4) is 0 Å². The summed E-state index contributed by atoms with van der Waals surface area (Å²) in [7, 11) is 1.27. The van der Waals surface area contributed by atoms with Gasteiger partial charge in [0.1, 0.15) is 17.9 Å². The summed E-state index contributed by atoms with van der Waals surface area (Å²) in [6.45, 7) is 2.51. The van der Waals surface area contributed by atoms with Crippen molar-refractivity contribution in [2.45, 2.75) is 38.7 Å². The fraction of sp³-hybridized carbons (Fsp3) is 0.308. The summed E-state index contributed by atoms with van der Waals surface area (Å²) in [5.74, 6) is 0.0294. The minimum absolute atomic E-state index is 0.0534.